The fraction of sp³-hybridized carbons (Fsp3) is 0.389. The quantitative estimate of drug-likeness (QED) is 0.611. The van der Waals surface area contributed by atoms with E-state index < -0.39 is 12.1 Å². The molecule has 1 aliphatic rings. The number of benzene rings is 1. The number of hydrogen-bond donors (Lipinski definition) is 1. The number of esters is 1. The summed E-state index contributed by atoms with van der Waals surface area (Å²) in [6.07, 6.45) is 4.49. The molecule has 28 heavy (non-hydrogen) atoms. The van der Waals surface area contributed by atoms with Gasteiger partial charge in [0.15, 0.2) is 5.66 Å². The largest absolute Gasteiger partial charge is 0.542 e. The molecule has 152 valence electrons. The van der Waals surface area contributed by atoms with Crippen LogP contribution in [0.4, 0.5) is 13.2 Å². The summed E-state index contributed by atoms with van der Waals surface area (Å²) in [5.41, 5.74) is 7.30. The van der Waals surface area contributed by atoms with Crippen molar-refractivity contribution >= 4 is 29.0 Å². The summed E-state index contributed by atoms with van der Waals surface area (Å²) in [6.45, 7) is 0. The molecular weight excluding hydrogens is 379 g/mol. The molecule has 0 amide bonds. The molecule has 0 bridgehead atoms. The zero-order valence-corrected chi connectivity index (χ0v) is 15.2. The van der Waals surface area contributed by atoms with Gasteiger partial charge in [-0.25, -0.2) is 9.78 Å². The Kier molecular flexibility index (Phi) is 6.45. The van der Waals surface area contributed by atoms with Crippen molar-refractivity contribution in [2.45, 2.75) is 37.5 Å². The van der Waals surface area contributed by atoms with E-state index in [0.717, 1.165) is 29.4 Å². The molecule has 10 heteroatoms. The lowest BCUT2D eigenvalue weighted by atomic mass is 10.1. The van der Waals surface area contributed by atoms with E-state index in [9.17, 15) is 18.0 Å². The van der Waals surface area contributed by atoms with Crippen LogP contribution in [-0.4, -0.2) is 34.8 Å². The number of rotatable bonds is 3. The van der Waals surface area contributed by atoms with Crippen molar-refractivity contribution < 1.29 is 38.3 Å². The first-order valence-electron chi connectivity index (χ1n) is 8.44. The fourth-order valence-electron chi connectivity index (χ4n) is 3.02. The minimum Gasteiger partial charge on any atom is -0.542 e. The molecule has 0 saturated heterocycles. The molecule has 1 aromatic carbocycles. The number of methoxy groups -OCH3 is 1. The number of alkyl halides is 3. The van der Waals surface area contributed by atoms with Crippen molar-refractivity contribution in [3.63, 3.8) is 0 Å². The van der Waals surface area contributed by atoms with Crippen LogP contribution in [0.25, 0.3) is 17.1 Å². The van der Waals surface area contributed by atoms with Gasteiger partial charge in [0, 0.05) is 18.9 Å². The number of carbonyl (C=O) groups is 2. The highest BCUT2D eigenvalue weighted by Gasteiger charge is 2.36. The Bertz CT molecular complexity index is 884. The Balaban J connectivity index is 0.000000345. The highest BCUT2D eigenvalue weighted by atomic mass is 19.4. The highest BCUT2D eigenvalue weighted by Crippen LogP contribution is 2.32. The van der Waals surface area contributed by atoms with Crippen molar-refractivity contribution in [1.29, 1.82) is 0 Å². The number of hydrogen-bond acceptors (Lipinski definition) is 5. The van der Waals surface area contributed by atoms with Gasteiger partial charge in [-0.3, -0.25) is 4.57 Å². The predicted octanol–water partition coefficient (Wildman–Crippen LogP) is 0.990. The van der Waals surface area contributed by atoms with Gasteiger partial charge >= 0.3 is 12.1 Å². The third kappa shape index (κ3) is 5.10. The summed E-state index contributed by atoms with van der Waals surface area (Å²) in [7, 11) is 1.37. The van der Waals surface area contributed by atoms with Crippen LogP contribution in [0.5, 0.6) is 0 Å². The molecule has 7 nitrogen and oxygen atoms in total. The zero-order chi connectivity index (χ0) is 20.9. The van der Waals surface area contributed by atoms with Gasteiger partial charge < -0.3 is 20.4 Å². The van der Waals surface area contributed by atoms with E-state index in [1.807, 2.05) is 24.5 Å². The molecule has 1 fully saturated rings. The molecule has 2 aromatic rings. The molecule has 1 aliphatic carbocycles. The fourth-order valence-corrected chi connectivity index (χ4v) is 3.02. The average Bonchev–Trinajstić information content (AvgIpc) is 3.26. The molecular formula is C18H20F3N3O4. The molecule has 1 saturated carbocycles. The van der Waals surface area contributed by atoms with Gasteiger partial charge in [0.25, 0.3) is 0 Å². The van der Waals surface area contributed by atoms with Gasteiger partial charge in [0.2, 0.25) is 0 Å². The van der Waals surface area contributed by atoms with E-state index in [0.29, 0.717) is 0 Å². The number of aliphatic carboxylic acids is 1. The van der Waals surface area contributed by atoms with E-state index in [4.69, 9.17) is 9.90 Å². The zero-order valence-electron chi connectivity index (χ0n) is 15.2. The number of carboxylic acids is 1. The van der Waals surface area contributed by atoms with Crippen LogP contribution in [0.2, 0.25) is 0 Å². The topological polar surface area (TPSA) is 112 Å². The molecule has 1 aromatic heterocycles. The molecule has 1 heterocycles. The highest BCUT2D eigenvalue weighted by molar-refractivity contribution is 5.88. The third-order valence-corrected chi connectivity index (χ3v) is 4.46. The molecule has 0 atom stereocenters. The predicted molar refractivity (Wildman–Crippen MR) is 91.2 cm³/mol. The third-order valence-electron chi connectivity index (χ3n) is 4.46. The normalized spacial score (nSPS) is 16.0. The maximum absolute atomic E-state index is 11.1. The number of carbonyl (C=O) groups excluding carboxylic acids is 2. The number of imidazole rings is 1. The van der Waals surface area contributed by atoms with Crippen LogP contribution in [0.1, 0.15) is 31.2 Å². The monoisotopic (exact) mass is 399 g/mol. The van der Waals surface area contributed by atoms with Crippen molar-refractivity contribution in [1.82, 2.24) is 9.55 Å². The van der Waals surface area contributed by atoms with Crippen LogP contribution in [0, 0.1) is 0 Å². The van der Waals surface area contributed by atoms with Gasteiger partial charge in [-0.15, -0.1) is 0 Å². The van der Waals surface area contributed by atoms with Gasteiger partial charge in [0.1, 0.15) is 12.3 Å². The lowest BCUT2D eigenvalue weighted by molar-refractivity contribution is -0.513. The Morgan fingerprint density at radius 3 is 2.46 bits per heavy atom. The minimum absolute atomic E-state index is 0.0574. The molecule has 3 rings (SSSR count). The minimum atomic E-state index is -5.19. The first kappa shape index (κ1) is 21.4. The smallest absolute Gasteiger partial charge is 0.430 e. The Labute approximate surface area is 158 Å². The van der Waals surface area contributed by atoms with Gasteiger partial charge in [0.05, 0.1) is 18.1 Å². The summed E-state index contributed by atoms with van der Waals surface area (Å²) >= 11 is 0. The number of quaternary nitrogens is 1. The van der Waals surface area contributed by atoms with Crippen molar-refractivity contribution in [2.24, 2.45) is 0 Å². The van der Waals surface area contributed by atoms with Crippen molar-refractivity contribution in [2.75, 3.05) is 7.11 Å². The second-order valence-electron chi connectivity index (χ2n) is 6.44. The summed E-state index contributed by atoms with van der Waals surface area (Å²) in [4.78, 5) is 24.4. The Morgan fingerprint density at radius 2 is 1.93 bits per heavy atom. The second kappa shape index (κ2) is 8.42. The summed E-state index contributed by atoms with van der Waals surface area (Å²) in [5, 5.41) is 8.78. The lowest BCUT2D eigenvalue weighted by Gasteiger charge is -2.22. The molecule has 0 spiro atoms. The number of ether oxygens (including phenoxy) is 1. The van der Waals surface area contributed by atoms with Crippen LogP contribution >= 0.6 is 0 Å². The first-order chi connectivity index (χ1) is 13.1. The molecule has 0 radical (unpaired) electrons. The maximum atomic E-state index is 11.1. The average molecular weight is 399 g/mol. The van der Waals surface area contributed by atoms with E-state index in [1.54, 1.807) is 6.08 Å². The van der Waals surface area contributed by atoms with Crippen LogP contribution in [0.15, 0.2) is 30.6 Å². The number of carboxylic acid groups (broad SMARTS) is 1. The van der Waals surface area contributed by atoms with Crippen molar-refractivity contribution in [3.8, 4) is 0 Å². The van der Waals surface area contributed by atoms with E-state index in [-0.39, 0.29) is 11.6 Å². The van der Waals surface area contributed by atoms with Crippen LogP contribution in [0.3, 0.4) is 0 Å². The number of nitrogens with zero attached hydrogens (tertiary/aromatic N) is 2. The number of fused-ring (bicyclic) bond motifs is 1. The second-order valence-corrected chi connectivity index (χ2v) is 6.44. The lowest BCUT2D eigenvalue weighted by Crippen LogP contribution is -2.71. The Morgan fingerprint density at radius 1 is 1.32 bits per heavy atom. The van der Waals surface area contributed by atoms with Gasteiger partial charge in [-0.1, -0.05) is 6.07 Å². The SMILES string of the molecule is COC(=O)/C=C/c1ccc2c(c1)ncn2C1([NH3+])CCCC1.O=C([O-])C(F)(F)F. The standard InChI is InChI=1S/C16H19N3O2.C2HF3O2/c1-21-15(20)7-5-12-4-6-14-13(10-12)18-11-19(14)16(17)8-2-3-9-16;3-2(4,5)1(6)7/h4-7,10-11H,2-3,8-9,17H2,1H3;(H,6,7)/b7-5+;. The van der Waals surface area contributed by atoms with E-state index >= 15 is 0 Å². The maximum Gasteiger partial charge on any atom is 0.430 e. The molecule has 0 aliphatic heterocycles. The van der Waals surface area contributed by atoms with E-state index in [1.165, 1.54) is 26.0 Å². The van der Waals surface area contributed by atoms with Gasteiger partial charge in [-0.05, 0) is 36.6 Å². The first-order valence-corrected chi connectivity index (χ1v) is 8.44. The molecule has 3 N–H and O–H groups in total. The van der Waals surface area contributed by atoms with Gasteiger partial charge in [-0.2, -0.15) is 13.2 Å². The van der Waals surface area contributed by atoms with Crippen LogP contribution < -0.4 is 10.8 Å². The summed E-state index contributed by atoms with van der Waals surface area (Å²) in [6, 6.07) is 6.01. The van der Waals surface area contributed by atoms with Crippen LogP contribution in [-0.2, 0) is 20.0 Å². The molecule has 0 unspecified atom stereocenters. The summed E-state index contributed by atoms with van der Waals surface area (Å²) < 4.78 is 38.3. The number of halogens is 3. The van der Waals surface area contributed by atoms with E-state index in [2.05, 4.69) is 20.0 Å². The number of aromatic nitrogens is 2. The Hall–Kier alpha value is -2.88. The summed E-state index contributed by atoms with van der Waals surface area (Å²) in [5.74, 6) is -3.37. The van der Waals surface area contributed by atoms with Crippen molar-refractivity contribution in [3.05, 3.63) is 36.2 Å².